The van der Waals surface area contributed by atoms with Crippen molar-refractivity contribution in [2.24, 2.45) is 0 Å². The van der Waals surface area contributed by atoms with Crippen molar-refractivity contribution >= 4 is 57.4 Å². The van der Waals surface area contributed by atoms with Crippen LogP contribution in [0.4, 0.5) is 0 Å². The van der Waals surface area contributed by atoms with Crippen LogP contribution in [0.5, 0.6) is 5.75 Å². The Labute approximate surface area is 147 Å². The summed E-state index contributed by atoms with van der Waals surface area (Å²) in [4.78, 5) is 35.2. The minimum absolute atomic E-state index is 0.0170. The Balaban J connectivity index is 2.20. The molecule has 0 unspecified atom stereocenters. The molecule has 0 atom stereocenters. The highest BCUT2D eigenvalue weighted by Crippen LogP contribution is 2.39. The number of rotatable bonds is 3. The quantitative estimate of drug-likeness (QED) is 0.415. The first-order valence-electron chi connectivity index (χ1n) is 6.33. The van der Waals surface area contributed by atoms with Gasteiger partial charge in [-0.05, 0) is 23.6 Å². The van der Waals surface area contributed by atoms with Gasteiger partial charge in [-0.25, -0.2) is 14.4 Å². The van der Waals surface area contributed by atoms with Crippen LogP contribution in [0.1, 0.15) is 20.0 Å². The minimum atomic E-state index is -1.45. The smallest absolute Gasteiger partial charge is 0.353 e. The van der Waals surface area contributed by atoms with Crippen molar-refractivity contribution in [3.05, 3.63) is 60.6 Å². The Morgan fingerprint density at radius 3 is 2.62 bits per heavy atom. The molecule has 0 aliphatic rings. The van der Waals surface area contributed by atoms with E-state index < -0.39 is 23.1 Å². The molecule has 3 rings (SSSR count). The third-order valence-corrected chi connectivity index (χ3v) is 4.64. The largest absolute Gasteiger partial charge is 0.477 e. The van der Waals surface area contributed by atoms with Gasteiger partial charge in [-0.1, -0.05) is 29.3 Å². The fourth-order valence-electron chi connectivity index (χ4n) is 1.96. The summed E-state index contributed by atoms with van der Waals surface area (Å²) in [5.74, 6) is -2.40. The van der Waals surface area contributed by atoms with Crippen LogP contribution in [0, 0.1) is 0 Å². The average Bonchev–Trinajstić information content (AvgIpc) is 3.06. The molecule has 1 N–H and O–H groups in total. The Morgan fingerprint density at radius 2 is 2.00 bits per heavy atom. The molecular formula is C15H6Cl2O6S. The van der Waals surface area contributed by atoms with E-state index in [1.54, 1.807) is 17.5 Å². The summed E-state index contributed by atoms with van der Waals surface area (Å²) in [6.07, 6.45) is 0. The van der Waals surface area contributed by atoms with E-state index in [4.69, 9.17) is 37.5 Å². The van der Waals surface area contributed by atoms with Gasteiger partial charge in [0.2, 0.25) is 0 Å². The fourth-order valence-corrected chi connectivity index (χ4v) is 2.94. The maximum atomic E-state index is 12.1. The lowest BCUT2D eigenvalue weighted by Crippen LogP contribution is -2.14. The number of benzene rings is 1. The summed E-state index contributed by atoms with van der Waals surface area (Å²) in [5, 5.41) is 10.7. The van der Waals surface area contributed by atoms with Crippen molar-refractivity contribution in [3.8, 4) is 5.75 Å². The van der Waals surface area contributed by atoms with Crippen molar-refractivity contribution in [2.75, 3.05) is 0 Å². The van der Waals surface area contributed by atoms with Crippen LogP contribution < -0.4 is 10.4 Å². The number of aromatic carboxylic acids is 1. The first-order chi connectivity index (χ1) is 11.4. The molecule has 0 radical (unpaired) electrons. The van der Waals surface area contributed by atoms with E-state index in [0.717, 1.165) is 17.4 Å². The third kappa shape index (κ3) is 2.89. The van der Waals surface area contributed by atoms with Crippen LogP contribution in [0.3, 0.4) is 0 Å². The number of carboxylic acids is 1. The highest BCUT2D eigenvalue weighted by Gasteiger charge is 2.22. The fraction of sp³-hybridized carbons (Fsp3) is 0. The molecule has 0 aliphatic carbocycles. The molecule has 0 spiro atoms. The second kappa shape index (κ2) is 6.27. The second-order valence-corrected chi connectivity index (χ2v) is 6.27. The monoisotopic (exact) mass is 384 g/mol. The number of esters is 1. The first kappa shape index (κ1) is 16.5. The standard InChI is InChI=1S/C15H6Cl2O6S/c16-8-5-6-4-7(13(18)19)14(20)22-11(6)12(10(8)17)23-15(21)9-2-1-3-24-9/h1-5H,(H,18,19). The van der Waals surface area contributed by atoms with Crippen LogP contribution in [0.15, 0.2) is 38.9 Å². The number of hydrogen-bond acceptors (Lipinski definition) is 6. The van der Waals surface area contributed by atoms with Crippen molar-refractivity contribution in [1.29, 1.82) is 0 Å². The second-order valence-electron chi connectivity index (χ2n) is 4.54. The summed E-state index contributed by atoms with van der Waals surface area (Å²) in [6.45, 7) is 0. The van der Waals surface area contributed by atoms with Gasteiger partial charge >= 0.3 is 17.6 Å². The first-order valence-corrected chi connectivity index (χ1v) is 7.97. The van der Waals surface area contributed by atoms with E-state index in [1.165, 1.54) is 6.07 Å². The van der Waals surface area contributed by atoms with E-state index >= 15 is 0 Å². The molecule has 0 saturated heterocycles. The zero-order valence-corrected chi connectivity index (χ0v) is 13.9. The van der Waals surface area contributed by atoms with Gasteiger partial charge < -0.3 is 14.3 Å². The highest BCUT2D eigenvalue weighted by molar-refractivity contribution is 7.12. The molecule has 9 heteroatoms. The van der Waals surface area contributed by atoms with Gasteiger partial charge in [0.05, 0.1) is 5.02 Å². The predicted octanol–water partition coefficient (Wildman–Crippen LogP) is 4.08. The lowest BCUT2D eigenvalue weighted by atomic mass is 10.1. The maximum absolute atomic E-state index is 12.1. The Bertz CT molecular complexity index is 1020. The molecule has 3 aromatic rings. The molecule has 2 heterocycles. The van der Waals surface area contributed by atoms with Gasteiger partial charge in [-0.2, -0.15) is 0 Å². The molecule has 6 nitrogen and oxygen atoms in total. The zero-order chi connectivity index (χ0) is 17.4. The molecule has 122 valence electrons. The zero-order valence-electron chi connectivity index (χ0n) is 11.5. The number of halogens is 2. The molecule has 1 aromatic carbocycles. The van der Waals surface area contributed by atoms with Gasteiger partial charge in [0.15, 0.2) is 11.3 Å². The van der Waals surface area contributed by atoms with Crippen molar-refractivity contribution in [3.63, 3.8) is 0 Å². The van der Waals surface area contributed by atoms with Gasteiger partial charge in [0, 0.05) is 5.39 Å². The molecule has 0 bridgehead atoms. The number of carbonyl (C=O) groups is 2. The van der Waals surface area contributed by atoms with Crippen molar-refractivity contribution < 1.29 is 23.8 Å². The summed E-state index contributed by atoms with van der Waals surface area (Å²) < 4.78 is 10.2. The van der Waals surface area contributed by atoms with Crippen LogP contribution in [0.2, 0.25) is 10.0 Å². The normalized spacial score (nSPS) is 10.8. The van der Waals surface area contributed by atoms with Gasteiger partial charge in [-0.15, -0.1) is 11.3 Å². The molecule has 0 saturated carbocycles. The summed E-state index contributed by atoms with van der Waals surface area (Å²) in [7, 11) is 0. The van der Waals surface area contributed by atoms with Crippen LogP contribution >= 0.6 is 34.5 Å². The number of ether oxygens (including phenoxy) is 1. The maximum Gasteiger partial charge on any atom is 0.353 e. The summed E-state index contributed by atoms with van der Waals surface area (Å²) >= 11 is 13.2. The number of fused-ring (bicyclic) bond motifs is 1. The number of carboxylic acid groups (broad SMARTS) is 1. The Hall–Kier alpha value is -2.35. The molecule has 24 heavy (non-hydrogen) atoms. The van der Waals surface area contributed by atoms with E-state index in [1.807, 2.05) is 0 Å². The number of carbonyl (C=O) groups excluding carboxylic acids is 1. The molecule has 0 amide bonds. The molecular weight excluding hydrogens is 379 g/mol. The SMILES string of the molecule is O=C(Oc1c(Cl)c(Cl)cc2cc(C(=O)O)c(=O)oc12)c1cccs1. The lowest BCUT2D eigenvalue weighted by Gasteiger charge is -2.09. The van der Waals surface area contributed by atoms with E-state index in [-0.39, 0.29) is 26.8 Å². The Kier molecular flexibility index (Phi) is 4.31. The summed E-state index contributed by atoms with van der Waals surface area (Å²) in [5.41, 5.74) is -1.83. The lowest BCUT2D eigenvalue weighted by molar-refractivity contribution is 0.0689. The highest BCUT2D eigenvalue weighted by atomic mass is 35.5. The molecule has 0 fully saturated rings. The van der Waals surface area contributed by atoms with Crippen molar-refractivity contribution in [2.45, 2.75) is 0 Å². The topological polar surface area (TPSA) is 93.8 Å². The van der Waals surface area contributed by atoms with Crippen LogP contribution in [-0.2, 0) is 0 Å². The van der Waals surface area contributed by atoms with E-state index in [0.29, 0.717) is 4.88 Å². The van der Waals surface area contributed by atoms with E-state index in [9.17, 15) is 14.4 Å². The van der Waals surface area contributed by atoms with Gasteiger partial charge in [0.25, 0.3) is 0 Å². The van der Waals surface area contributed by atoms with E-state index in [2.05, 4.69) is 0 Å². The predicted molar refractivity (Wildman–Crippen MR) is 88.7 cm³/mol. The van der Waals surface area contributed by atoms with Crippen molar-refractivity contribution in [1.82, 2.24) is 0 Å². The Morgan fingerprint density at radius 1 is 1.25 bits per heavy atom. The van der Waals surface area contributed by atoms with Gasteiger partial charge in [-0.3, -0.25) is 0 Å². The van der Waals surface area contributed by atoms with Crippen LogP contribution in [0.25, 0.3) is 11.0 Å². The summed E-state index contributed by atoms with van der Waals surface area (Å²) in [6, 6.07) is 5.61. The molecule has 0 aliphatic heterocycles. The third-order valence-electron chi connectivity index (χ3n) is 3.02. The number of thiophene rings is 1. The number of hydrogen-bond donors (Lipinski definition) is 1. The van der Waals surface area contributed by atoms with Gasteiger partial charge in [0.1, 0.15) is 15.5 Å². The minimum Gasteiger partial charge on any atom is -0.477 e. The average molecular weight is 385 g/mol. The van der Waals surface area contributed by atoms with Crippen LogP contribution in [-0.4, -0.2) is 17.0 Å². The molecule has 2 aromatic heterocycles.